The summed E-state index contributed by atoms with van der Waals surface area (Å²) in [5.74, 6) is 6.05. The third kappa shape index (κ3) is 4.77. The van der Waals surface area contributed by atoms with Gasteiger partial charge in [-0.05, 0) is 24.5 Å². The van der Waals surface area contributed by atoms with Gasteiger partial charge in [-0.3, -0.25) is 0 Å². The molecule has 0 atom stereocenters. The van der Waals surface area contributed by atoms with Crippen molar-refractivity contribution in [2.75, 3.05) is 17.3 Å². The van der Waals surface area contributed by atoms with Gasteiger partial charge in [0.05, 0.1) is 5.56 Å². The molecule has 1 fully saturated rings. The molecule has 1 aliphatic carbocycles. The van der Waals surface area contributed by atoms with Crippen LogP contribution in [0.15, 0.2) is 12.1 Å². The van der Waals surface area contributed by atoms with Crippen LogP contribution in [0.25, 0.3) is 0 Å². The minimum absolute atomic E-state index is 0.00462. The van der Waals surface area contributed by atoms with Crippen LogP contribution in [-0.2, 0) is 6.18 Å². The van der Waals surface area contributed by atoms with Crippen molar-refractivity contribution in [1.82, 2.24) is 4.98 Å². The summed E-state index contributed by atoms with van der Waals surface area (Å²) in [6, 6.07) is 1.91. The van der Waals surface area contributed by atoms with Crippen LogP contribution in [0.4, 0.5) is 24.8 Å². The minimum atomic E-state index is -4.41. The Balaban J connectivity index is 1.95. The lowest BCUT2D eigenvalue weighted by molar-refractivity contribution is -0.137. The number of pyridine rings is 1. The van der Waals surface area contributed by atoms with E-state index in [1.54, 1.807) is 0 Å². The fourth-order valence-electron chi connectivity index (χ4n) is 2.74. The van der Waals surface area contributed by atoms with Gasteiger partial charge in [-0.15, -0.1) is 0 Å². The van der Waals surface area contributed by atoms with Crippen LogP contribution in [0.1, 0.15) is 44.1 Å². The first-order chi connectivity index (χ1) is 9.99. The molecule has 1 aromatic rings. The first-order valence-corrected chi connectivity index (χ1v) is 7.29. The SMILES string of the molecule is NNc1cc(C(F)(F)F)cc(NCCC2CCCCC2)n1. The molecule has 7 heteroatoms. The van der Waals surface area contributed by atoms with Gasteiger partial charge >= 0.3 is 6.18 Å². The van der Waals surface area contributed by atoms with Gasteiger partial charge in [0.2, 0.25) is 0 Å². The molecule has 0 aromatic carbocycles. The lowest BCUT2D eigenvalue weighted by Crippen LogP contribution is -2.16. The van der Waals surface area contributed by atoms with Crippen molar-refractivity contribution in [3.05, 3.63) is 17.7 Å². The van der Waals surface area contributed by atoms with Crippen molar-refractivity contribution in [2.45, 2.75) is 44.7 Å². The average Bonchev–Trinajstić information content (AvgIpc) is 2.47. The maximum atomic E-state index is 12.8. The Morgan fingerprint density at radius 3 is 2.43 bits per heavy atom. The summed E-state index contributed by atoms with van der Waals surface area (Å²) in [6.07, 6.45) is 2.80. The highest BCUT2D eigenvalue weighted by molar-refractivity contribution is 5.49. The molecule has 1 heterocycles. The van der Waals surface area contributed by atoms with Crippen LogP contribution in [0.5, 0.6) is 0 Å². The third-order valence-electron chi connectivity index (χ3n) is 3.88. The maximum Gasteiger partial charge on any atom is 0.416 e. The van der Waals surface area contributed by atoms with Gasteiger partial charge in [-0.25, -0.2) is 10.8 Å². The number of aromatic nitrogens is 1. The number of rotatable bonds is 5. The summed E-state index contributed by atoms with van der Waals surface area (Å²) in [4.78, 5) is 4.00. The number of hydrogen-bond acceptors (Lipinski definition) is 4. The number of nitrogens with zero attached hydrogens (tertiary/aromatic N) is 1. The molecule has 4 N–H and O–H groups in total. The summed E-state index contributed by atoms with van der Waals surface area (Å²) in [6.45, 7) is 0.628. The van der Waals surface area contributed by atoms with Crippen molar-refractivity contribution in [3.8, 4) is 0 Å². The van der Waals surface area contributed by atoms with E-state index in [4.69, 9.17) is 5.84 Å². The number of nitrogens with one attached hydrogen (secondary N) is 2. The van der Waals surface area contributed by atoms with Crippen LogP contribution in [0.2, 0.25) is 0 Å². The Morgan fingerprint density at radius 2 is 1.81 bits per heavy atom. The highest BCUT2D eigenvalue weighted by Crippen LogP contribution is 2.32. The lowest BCUT2D eigenvalue weighted by atomic mass is 9.87. The summed E-state index contributed by atoms with van der Waals surface area (Å²) in [5.41, 5.74) is 1.41. The van der Waals surface area contributed by atoms with Crippen molar-refractivity contribution >= 4 is 11.6 Å². The van der Waals surface area contributed by atoms with E-state index in [-0.39, 0.29) is 11.6 Å². The zero-order chi connectivity index (χ0) is 15.3. The van der Waals surface area contributed by atoms with Crippen LogP contribution in [0, 0.1) is 5.92 Å². The molecule has 0 amide bonds. The van der Waals surface area contributed by atoms with E-state index in [9.17, 15) is 13.2 Å². The number of anilines is 2. The van der Waals surface area contributed by atoms with Crippen LogP contribution in [0.3, 0.4) is 0 Å². The van der Waals surface area contributed by atoms with E-state index in [0.29, 0.717) is 12.5 Å². The highest BCUT2D eigenvalue weighted by Gasteiger charge is 2.31. The summed E-state index contributed by atoms with van der Waals surface area (Å²) in [5, 5.41) is 2.97. The third-order valence-corrected chi connectivity index (χ3v) is 3.88. The fourth-order valence-corrected chi connectivity index (χ4v) is 2.74. The zero-order valence-corrected chi connectivity index (χ0v) is 11.8. The van der Waals surface area contributed by atoms with E-state index in [2.05, 4.69) is 15.7 Å². The smallest absolute Gasteiger partial charge is 0.370 e. The number of hydrazine groups is 1. The van der Waals surface area contributed by atoms with E-state index in [0.717, 1.165) is 18.6 Å². The second-order valence-electron chi connectivity index (χ2n) is 5.49. The molecule has 4 nitrogen and oxygen atoms in total. The van der Waals surface area contributed by atoms with Crippen molar-refractivity contribution in [2.24, 2.45) is 11.8 Å². The molecule has 21 heavy (non-hydrogen) atoms. The van der Waals surface area contributed by atoms with Gasteiger partial charge in [0.25, 0.3) is 0 Å². The minimum Gasteiger partial charge on any atom is -0.370 e. The zero-order valence-electron chi connectivity index (χ0n) is 11.8. The largest absolute Gasteiger partial charge is 0.416 e. The van der Waals surface area contributed by atoms with E-state index in [1.807, 2.05) is 0 Å². The van der Waals surface area contributed by atoms with Crippen molar-refractivity contribution < 1.29 is 13.2 Å². The summed E-state index contributed by atoms with van der Waals surface area (Å²) in [7, 11) is 0. The molecule has 0 spiro atoms. The average molecular weight is 302 g/mol. The van der Waals surface area contributed by atoms with Gasteiger partial charge in [0.1, 0.15) is 11.6 Å². The van der Waals surface area contributed by atoms with E-state index >= 15 is 0 Å². The van der Waals surface area contributed by atoms with Gasteiger partial charge in [0.15, 0.2) is 0 Å². The number of nitrogen functional groups attached to an aromatic ring is 1. The Bertz CT molecular complexity index is 456. The number of halogens is 3. The monoisotopic (exact) mass is 302 g/mol. The first-order valence-electron chi connectivity index (χ1n) is 7.29. The molecule has 0 aliphatic heterocycles. The second kappa shape index (κ2) is 6.98. The van der Waals surface area contributed by atoms with Crippen molar-refractivity contribution in [3.63, 3.8) is 0 Å². The van der Waals surface area contributed by atoms with E-state index in [1.165, 1.54) is 32.1 Å². The molecule has 1 aromatic heterocycles. The normalized spacial score (nSPS) is 16.8. The Hall–Kier alpha value is -1.50. The molecule has 0 saturated heterocycles. The van der Waals surface area contributed by atoms with Gasteiger partial charge in [-0.1, -0.05) is 32.1 Å². The Kier molecular flexibility index (Phi) is 5.27. The number of nitrogens with two attached hydrogens (primary N) is 1. The highest BCUT2D eigenvalue weighted by atomic mass is 19.4. The standard InChI is InChI=1S/C14H21F3N4/c15-14(16,17)11-8-12(20-13(9-11)21-18)19-7-6-10-4-2-1-3-5-10/h8-10H,1-7,18H2,(H2,19,20,21). The lowest BCUT2D eigenvalue weighted by Gasteiger charge is -2.21. The van der Waals surface area contributed by atoms with Gasteiger partial charge in [-0.2, -0.15) is 13.2 Å². The molecule has 0 radical (unpaired) electrons. The second-order valence-corrected chi connectivity index (χ2v) is 5.49. The predicted molar refractivity (Wildman–Crippen MR) is 76.7 cm³/mol. The quantitative estimate of drug-likeness (QED) is 0.572. The first kappa shape index (κ1) is 15.9. The Morgan fingerprint density at radius 1 is 1.14 bits per heavy atom. The topological polar surface area (TPSA) is 63.0 Å². The van der Waals surface area contributed by atoms with Crippen LogP contribution >= 0.6 is 0 Å². The predicted octanol–water partition coefficient (Wildman–Crippen LogP) is 3.77. The van der Waals surface area contributed by atoms with Crippen LogP contribution in [-0.4, -0.2) is 11.5 Å². The molecule has 0 bridgehead atoms. The van der Waals surface area contributed by atoms with Crippen molar-refractivity contribution in [1.29, 1.82) is 0 Å². The molecule has 1 saturated carbocycles. The summed E-state index contributed by atoms with van der Waals surface area (Å²) >= 11 is 0. The number of alkyl halides is 3. The van der Waals surface area contributed by atoms with Gasteiger partial charge < -0.3 is 10.7 Å². The molecule has 0 unspecified atom stereocenters. The molecule has 1 aliphatic rings. The fraction of sp³-hybridized carbons (Fsp3) is 0.643. The number of hydrogen-bond donors (Lipinski definition) is 3. The van der Waals surface area contributed by atoms with E-state index < -0.39 is 11.7 Å². The Labute approximate surface area is 122 Å². The van der Waals surface area contributed by atoms with Crippen LogP contribution < -0.4 is 16.6 Å². The maximum absolute atomic E-state index is 12.8. The molecular weight excluding hydrogens is 281 g/mol. The molecular formula is C14H21F3N4. The molecule has 2 rings (SSSR count). The van der Waals surface area contributed by atoms with Gasteiger partial charge in [0, 0.05) is 6.54 Å². The summed E-state index contributed by atoms with van der Waals surface area (Å²) < 4.78 is 38.3. The molecule has 118 valence electrons.